The van der Waals surface area contributed by atoms with Crippen LogP contribution in [0.5, 0.6) is 5.75 Å². The minimum Gasteiger partial charge on any atom is -0.493 e. The van der Waals surface area contributed by atoms with Crippen LogP contribution < -0.4 is 10.1 Å². The van der Waals surface area contributed by atoms with Gasteiger partial charge in [0.05, 0.1) is 6.61 Å². The summed E-state index contributed by atoms with van der Waals surface area (Å²) in [6.45, 7) is 1.19. The topological polar surface area (TPSA) is 58.6 Å². The molecule has 1 heterocycles. The van der Waals surface area contributed by atoms with Gasteiger partial charge in [0.1, 0.15) is 22.9 Å². The van der Waals surface area contributed by atoms with Crippen LogP contribution in [0.2, 0.25) is 0 Å². The van der Waals surface area contributed by atoms with E-state index in [1.165, 1.54) is 11.0 Å². The molecule has 1 aliphatic carbocycles. The van der Waals surface area contributed by atoms with Gasteiger partial charge in [-0.2, -0.15) is 0 Å². The first kappa shape index (κ1) is 20.3. The van der Waals surface area contributed by atoms with Crippen molar-refractivity contribution in [1.82, 2.24) is 10.2 Å². The fourth-order valence-corrected chi connectivity index (χ4v) is 3.68. The van der Waals surface area contributed by atoms with Crippen LogP contribution in [0, 0.1) is 17.6 Å². The van der Waals surface area contributed by atoms with E-state index in [0.717, 1.165) is 37.8 Å². The van der Waals surface area contributed by atoms with Crippen LogP contribution in [0.4, 0.5) is 8.78 Å². The van der Waals surface area contributed by atoms with E-state index in [2.05, 4.69) is 5.32 Å². The molecule has 2 aromatic rings. The Balaban J connectivity index is 1.35. The third kappa shape index (κ3) is 4.78. The molecular weight excluding hydrogens is 390 g/mol. The van der Waals surface area contributed by atoms with Crippen LogP contribution >= 0.6 is 0 Å². The van der Waals surface area contributed by atoms with Gasteiger partial charge in [-0.1, -0.05) is 12.1 Å². The number of benzene rings is 2. The van der Waals surface area contributed by atoms with Gasteiger partial charge >= 0.3 is 0 Å². The second kappa shape index (κ2) is 8.81. The standard InChI is InChI=1S/C23H24F2N2O3/c24-19-7-2-8-20(25)21(19)23(29)27-11-3-4-15(13-27)14-30-18-6-1-5-16(12-18)22(28)26-17-9-10-17/h1-2,5-8,12,15,17H,3-4,9-11,13-14H2,(H,26,28)/t15-/m1/s1. The van der Waals surface area contributed by atoms with E-state index < -0.39 is 23.1 Å². The van der Waals surface area contributed by atoms with Crippen LogP contribution in [-0.4, -0.2) is 42.5 Å². The molecule has 0 unspecified atom stereocenters. The molecule has 1 saturated heterocycles. The summed E-state index contributed by atoms with van der Waals surface area (Å²) in [5.74, 6) is -1.80. The number of ether oxygens (including phenoxy) is 1. The summed E-state index contributed by atoms with van der Waals surface area (Å²) in [5.41, 5.74) is 0.0447. The van der Waals surface area contributed by atoms with Gasteiger partial charge in [-0.15, -0.1) is 0 Å². The van der Waals surface area contributed by atoms with E-state index in [0.29, 0.717) is 31.0 Å². The summed E-state index contributed by atoms with van der Waals surface area (Å²) in [4.78, 5) is 26.3. The van der Waals surface area contributed by atoms with Crippen molar-refractivity contribution in [1.29, 1.82) is 0 Å². The highest BCUT2D eigenvalue weighted by atomic mass is 19.1. The summed E-state index contributed by atoms with van der Waals surface area (Å²) in [7, 11) is 0. The fourth-order valence-electron chi connectivity index (χ4n) is 3.68. The molecule has 2 aromatic carbocycles. The largest absolute Gasteiger partial charge is 0.493 e. The smallest absolute Gasteiger partial charge is 0.259 e. The highest BCUT2D eigenvalue weighted by molar-refractivity contribution is 5.95. The van der Waals surface area contributed by atoms with Crippen molar-refractivity contribution in [3.63, 3.8) is 0 Å². The number of carbonyl (C=O) groups excluding carboxylic acids is 2. The molecule has 30 heavy (non-hydrogen) atoms. The number of halogens is 2. The SMILES string of the molecule is O=C(NC1CC1)c1cccc(OC[C@@H]2CCCN(C(=O)c3c(F)cccc3F)C2)c1. The molecule has 0 bridgehead atoms. The van der Waals surface area contributed by atoms with Crippen LogP contribution in [0.25, 0.3) is 0 Å². The van der Waals surface area contributed by atoms with Crippen molar-refractivity contribution in [2.45, 2.75) is 31.7 Å². The lowest BCUT2D eigenvalue weighted by Gasteiger charge is -2.32. The molecule has 1 atom stereocenters. The Morgan fingerprint density at radius 2 is 1.80 bits per heavy atom. The molecule has 0 aromatic heterocycles. The molecule has 4 rings (SSSR count). The number of hydrogen-bond donors (Lipinski definition) is 1. The molecule has 0 radical (unpaired) electrons. The number of carbonyl (C=O) groups is 2. The van der Waals surface area contributed by atoms with Gasteiger partial charge in [0.15, 0.2) is 0 Å². The molecule has 158 valence electrons. The molecule has 0 spiro atoms. The molecule has 2 fully saturated rings. The fraction of sp³-hybridized carbons (Fsp3) is 0.391. The van der Waals surface area contributed by atoms with Crippen LogP contribution in [-0.2, 0) is 0 Å². The quantitative estimate of drug-likeness (QED) is 0.783. The molecule has 2 aliphatic rings. The van der Waals surface area contributed by atoms with Gasteiger partial charge in [0, 0.05) is 30.6 Å². The molecule has 5 nitrogen and oxygen atoms in total. The Morgan fingerprint density at radius 1 is 1.07 bits per heavy atom. The average Bonchev–Trinajstić information content (AvgIpc) is 3.56. The van der Waals surface area contributed by atoms with Crippen molar-refractivity contribution in [2.24, 2.45) is 5.92 Å². The number of amides is 2. The Hall–Kier alpha value is -2.96. The Kier molecular flexibility index (Phi) is 5.97. The summed E-state index contributed by atoms with van der Waals surface area (Å²) < 4.78 is 33.8. The van der Waals surface area contributed by atoms with E-state index in [9.17, 15) is 18.4 Å². The maximum atomic E-state index is 14.0. The zero-order chi connectivity index (χ0) is 21.1. The summed E-state index contributed by atoms with van der Waals surface area (Å²) in [6.07, 6.45) is 3.64. The average molecular weight is 414 g/mol. The minimum absolute atomic E-state index is 0.0430. The van der Waals surface area contributed by atoms with Crippen molar-refractivity contribution < 1.29 is 23.1 Å². The number of likely N-dealkylation sites (tertiary alicyclic amines) is 1. The first-order valence-corrected chi connectivity index (χ1v) is 10.3. The van der Waals surface area contributed by atoms with Crippen LogP contribution in [0.15, 0.2) is 42.5 Å². The normalized spacial score (nSPS) is 18.7. The van der Waals surface area contributed by atoms with Gasteiger partial charge in [-0.3, -0.25) is 9.59 Å². The third-order valence-electron chi connectivity index (χ3n) is 5.48. The van der Waals surface area contributed by atoms with Crippen LogP contribution in [0.1, 0.15) is 46.4 Å². The molecule has 1 N–H and O–H groups in total. The number of nitrogens with zero attached hydrogens (tertiary/aromatic N) is 1. The first-order chi connectivity index (χ1) is 14.5. The molecular formula is C23H24F2N2O3. The lowest BCUT2D eigenvalue weighted by molar-refractivity contribution is 0.0623. The Morgan fingerprint density at radius 3 is 2.53 bits per heavy atom. The lowest BCUT2D eigenvalue weighted by Crippen LogP contribution is -2.42. The van der Waals surface area contributed by atoms with Crippen molar-refractivity contribution in [3.05, 3.63) is 65.2 Å². The van der Waals surface area contributed by atoms with E-state index in [4.69, 9.17) is 4.74 Å². The number of nitrogens with one attached hydrogen (secondary N) is 1. The van der Waals surface area contributed by atoms with Gasteiger partial charge in [-0.25, -0.2) is 8.78 Å². The number of rotatable bonds is 6. The van der Waals surface area contributed by atoms with Gasteiger partial charge in [-0.05, 0) is 56.0 Å². The van der Waals surface area contributed by atoms with E-state index in [1.807, 2.05) is 0 Å². The summed E-state index contributed by atoms with van der Waals surface area (Å²) >= 11 is 0. The minimum atomic E-state index is -0.848. The maximum absolute atomic E-state index is 14.0. The first-order valence-electron chi connectivity index (χ1n) is 10.3. The molecule has 7 heteroatoms. The van der Waals surface area contributed by atoms with Crippen LogP contribution in [0.3, 0.4) is 0 Å². The predicted octanol–water partition coefficient (Wildman–Crippen LogP) is 3.79. The molecule has 2 amide bonds. The summed E-state index contributed by atoms with van der Waals surface area (Å²) in [5, 5.41) is 2.95. The predicted molar refractivity (Wildman–Crippen MR) is 107 cm³/mol. The van der Waals surface area contributed by atoms with Crippen molar-refractivity contribution >= 4 is 11.8 Å². The Bertz CT molecular complexity index is 926. The molecule has 1 saturated carbocycles. The zero-order valence-electron chi connectivity index (χ0n) is 16.6. The third-order valence-corrected chi connectivity index (χ3v) is 5.48. The molecule has 1 aliphatic heterocycles. The number of piperidine rings is 1. The van der Waals surface area contributed by atoms with Crippen molar-refractivity contribution in [2.75, 3.05) is 19.7 Å². The van der Waals surface area contributed by atoms with Gasteiger partial charge in [0.2, 0.25) is 0 Å². The highest BCUT2D eigenvalue weighted by Crippen LogP contribution is 2.24. The second-order valence-corrected chi connectivity index (χ2v) is 7.94. The maximum Gasteiger partial charge on any atom is 0.259 e. The van der Waals surface area contributed by atoms with Gasteiger partial charge in [0.25, 0.3) is 11.8 Å². The summed E-state index contributed by atoms with van der Waals surface area (Å²) in [6, 6.07) is 10.7. The van der Waals surface area contributed by atoms with E-state index >= 15 is 0 Å². The second-order valence-electron chi connectivity index (χ2n) is 7.94. The lowest BCUT2D eigenvalue weighted by atomic mass is 9.98. The highest BCUT2D eigenvalue weighted by Gasteiger charge is 2.28. The van der Waals surface area contributed by atoms with E-state index in [1.54, 1.807) is 24.3 Å². The Labute approximate surface area is 174 Å². The van der Waals surface area contributed by atoms with Crippen molar-refractivity contribution in [3.8, 4) is 5.75 Å². The van der Waals surface area contributed by atoms with E-state index in [-0.39, 0.29) is 17.9 Å². The number of hydrogen-bond acceptors (Lipinski definition) is 3. The zero-order valence-corrected chi connectivity index (χ0v) is 16.6. The van der Waals surface area contributed by atoms with Gasteiger partial charge < -0.3 is 15.0 Å². The monoisotopic (exact) mass is 414 g/mol.